The summed E-state index contributed by atoms with van der Waals surface area (Å²) >= 11 is 1.43. The van der Waals surface area contributed by atoms with Crippen molar-refractivity contribution in [3.63, 3.8) is 0 Å². The van der Waals surface area contributed by atoms with Crippen LogP contribution in [0, 0.1) is 0 Å². The number of hydrogen-bond acceptors (Lipinski definition) is 5. The fourth-order valence-electron chi connectivity index (χ4n) is 1.85. The van der Waals surface area contributed by atoms with E-state index in [-0.39, 0.29) is 11.8 Å². The van der Waals surface area contributed by atoms with E-state index in [9.17, 15) is 9.59 Å². The molecule has 2 heterocycles. The zero-order valence-electron chi connectivity index (χ0n) is 9.94. The van der Waals surface area contributed by atoms with E-state index in [1.165, 1.54) is 11.3 Å². The minimum absolute atomic E-state index is 0.104. The lowest BCUT2D eigenvalue weighted by Crippen LogP contribution is -2.29. The van der Waals surface area contributed by atoms with Crippen molar-refractivity contribution in [2.75, 3.05) is 19.6 Å². The summed E-state index contributed by atoms with van der Waals surface area (Å²) in [7, 11) is 0. The standard InChI is InChI=1S/C11H16N4O2S/c12-14-11(17)9-2-1-8(18-9)7-15-5-3-10(16)13-4-6-15/h1-2H,3-7,12H2,(H,13,16)(H,14,17). The van der Waals surface area contributed by atoms with Gasteiger partial charge in [0.25, 0.3) is 5.91 Å². The molecule has 0 atom stereocenters. The van der Waals surface area contributed by atoms with Crippen molar-refractivity contribution in [3.05, 3.63) is 21.9 Å². The Labute approximate surface area is 109 Å². The largest absolute Gasteiger partial charge is 0.355 e. The van der Waals surface area contributed by atoms with Gasteiger partial charge in [-0.05, 0) is 12.1 Å². The Morgan fingerprint density at radius 2 is 2.33 bits per heavy atom. The lowest BCUT2D eigenvalue weighted by molar-refractivity contribution is -0.120. The first kappa shape index (κ1) is 13.0. The van der Waals surface area contributed by atoms with Crippen molar-refractivity contribution in [1.29, 1.82) is 0 Å². The monoisotopic (exact) mass is 268 g/mol. The first-order chi connectivity index (χ1) is 8.69. The van der Waals surface area contributed by atoms with Crippen molar-refractivity contribution in [2.24, 2.45) is 5.84 Å². The molecule has 1 aromatic rings. The molecule has 0 saturated carbocycles. The Morgan fingerprint density at radius 3 is 3.11 bits per heavy atom. The van der Waals surface area contributed by atoms with Crippen molar-refractivity contribution < 1.29 is 9.59 Å². The van der Waals surface area contributed by atoms with Crippen LogP contribution in [0.3, 0.4) is 0 Å². The van der Waals surface area contributed by atoms with Gasteiger partial charge in [0.15, 0.2) is 0 Å². The van der Waals surface area contributed by atoms with E-state index in [0.29, 0.717) is 17.8 Å². The van der Waals surface area contributed by atoms with E-state index in [0.717, 1.165) is 24.5 Å². The van der Waals surface area contributed by atoms with Crippen LogP contribution in [0.1, 0.15) is 21.0 Å². The fourth-order valence-corrected chi connectivity index (χ4v) is 2.80. The Morgan fingerprint density at radius 1 is 1.50 bits per heavy atom. The van der Waals surface area contributed by atoms with Crippen LogP contribution in [0.15, 0.2) is 12.1 Å². The van der Waals surface area contributed by atoms with Gasteiger partial charge < -0.3 is 5.32 Å². The average molecular weight is 268 g/mol. The third-order valence-corrected chi connectivity index (χ3v) is 3.87. The van der Waals surface area contributed by atoms with Crippen LogP contribution in [0.2, 0.25) is 0 Å². The van der Waals surface area contributed by atoms with Crippen molar-refractivity contribution in [1.82, 2.24) is 15.6 Å². The van der Waals surface area contributed by atoms with E-state index in [4.69, 9.17) is 5.84 Å². The average Bonchev–Trinajstić information content (AvgIpc) is 2.73. The van der Waals surface area contributed by atoms with Crippen LogP contribution in [0.4, 0.5) is 0 Å². The molecule has 0 aromatic carbocycles. The molecule has 18 heavy (non-hydrogen) atoms. The third kappa shape index (κ3) is 3.28. The number of nitrogens with one attached hydrogen (secondary N) is 2. The maximum atomic E-state index is 11.3. The summed E-state index contributed by atoms with van der Waals surface area (Å²) in [5.41, 5.74) is 2.12. The quantitative estimate of drug-likeness (QED) is 0.398. The minimum atomic E-state index is -0.265. The molecule has 2 amide bonds. The summed E-state index contributed by atoms with van der Waals surface area (Å²) in [4.78, 5) is 26.4. The second-order valence-corrected chi connectivity index (χ2v) is 5.28. The van der Waals surface area contributed by atoms with Crippen LogP contribution in [0.25, 0.3) is 0 Å². The van der Waals surface area contributed by atoms with Crippen LogP contribution in [-0.4, -0.2) is 36.3 Å². The number of hydrogen-bond donors (Lipinski definition) is 3. The van der Waals surface area contributed by atoms with Crippen LogP contribution >= 0.6 is 11.3 Å². The Kier molecular flexibility index (Phi) is 4.29. The minimum Gasteiger partial charge on any atom is -0.355 e. The number of nitrogens with two attached hydrogens (primary N) is 1. The molecule has 4 N–H and O–H groups in total. The lowest BCUT2D eigenvalue weighted by atomic mass is 10.3. The summed E-state index contributed by atoms with van der Waals surface area (Å²) in [5.74, 6) is 4.92. The second-order valence-electron chi connectivity index (χ2n) is 4.12. The highest BCUT2D eigenvalue weighted by molar-refractivity contribution is 7.14. The Balaban J connectivity index is 1.94. The topological polar surface area (TPSA) is 87.5 Å². The van der Waals surface area contributed by atoms with E-state index in [1.54, 1.807) is 6.07 Å². The summed E-state index contributed by atoms with van der Waals surface area (Å²) in [6, 6.07) is 3.69. The number of carbonyl (C=O) groups excluding carboxylic acids is 2. The Bertz CT molecular complexity index is 446. The maximum Gasteiger partial charge on any atom is 0.275 e. The lowest BCUT2D eigenvalue weighted by Gasteiger charge is -2.17. The summed E-state index contributed by atoms with van der Waals surface area (Å²) in [6.45, 7) is 3.03. The first-order valence-electron chi connectivity index (χ1n) is 5.78. The number of nitrogens with zero attached hydrogens (tertiary/aromatic N) is 1. The number of carbonyl (C=O) groups is 2. The number of thiophene rings is 1. The maximum absolute atomic E-state index is 11.3. The highest BCUT2D eigenvalue weighted by Gasteiger charge is 2.15. The van der Waals surface area contributed by atoms with Crippen LogP contribution in [0.5, 0.6) is 0 Å². The van der Waals surface area contributed by atoms with Crippen molar-refractivity contribution in [2.45, 2.75) is 13.0 Å². The number of hydrazine groups is 1. The van der Waals surface area contributed by atoms with Gasteiger partial charge in [-0.15, -0.1) is 11.3 Å². The van der Waals surface area contributed by atoms with Gasteiger partial charge in [0.2, 0.25) is 5.91 Å². The van der Waals surface area contributed by atoms with Gasteiger partial charge in [0.1, 0.15) is 0 Å². The number of rotatable bonds is 3. The van der Waals surface area contributed by atoms with E-state index < -0.39 is 0 Å². The normalized spacial score (nSPS) is 17.1. The third-order valence-electron chi connectivity index (χ3n) is 2.80. The van der Waals surface area contributed by atoms with Gasteiger partial charge in [-0.2, -0.15) is 0 Å². The molecule has 0 radical (unpaired) electrons. The SMILES string of the molecule is NNC(=O)c1ccc(CN2CCNC(=O)CC2)s1. The van der Waals surface area contributed by atoms with E-state index in [2.05, 4.69) is 15.6 Å². The molecule has 2 rings (SSSR count). The summed E-state index contributed by atoms with van der Waals surface area (Å²) < 4.78 is 0. The summed E-state index contributed by atoms with van der Waals surface area (Å²) in [6.07, 6.45) is 0.529. The zero-order valence-corrected chi connectivity index (χ0v) is 10.8. The van der Waals surface area contributed by atoms with Gasteiger partial charge in [0.05, 0.1) is 4.88 Å². The number of nitrogen functional groups attached to an aromatic ring is 1. The molecule has 1 aliphatic heterocycles. The molecule has 1 aromatic heterocycles. The molecular formula is C11H16N4O2S. The predicted molar refractivity (Wildman–Crippen MR) is 68.9 cm³/mol. The fraction of sp³-hybridized carbons (Fsp3) is 0.455. The van der Waals surface area contributed by atoms with Gasteiger partial charge in [-0.1, -0.05) is 0 Å². The highest BCUT2D eigenvalue weighted by Crippen LogP contribution is 2.18. The molecule has 98 valence electrons. The van der Waals surface area contributed by atoms with Crippen molar-refractivity contribution >= 4 is 23.2 Å². The molecule has 0 aliphatic carbocycles. The zero-order chi connectivity index (χ0) is 13.0. The predicted octanol–water partition coefficient (Wildman–Crippen LogP) is -0.327. The second kappa shape index (κ2) is 5.94. The number of amides is 2. The molecular weight excluding hydrogens is 252 g/mol. The molecule has 6 nitrogen and oxygen atoms in total. The van der Waals surface area contributed by atoms with Gasteiger partial charge in [-0.25, -0.2) is 5.84 Å². The molecule has 1 aliphatic rings. The summed E-state index contributed by atoms with van der Waals surface area (Å²) in [5, 5.41) is 2.83. The van der Waals surface area contributed by atoms with E-state index in [1.807, 2.05) is 6.07 Å². The van der Waals surface area contributed by atoms with Gasteiger partial charge >= 0.3 is 0 Å². The Hall–Kier alpha value is -1.44. The van der Waals surface area contributed by atoms with Crippen molar-refractivity contribution in [3.8, 4) is 0 Å². The highest BCUT2D eigenvalue weighted by atomic mass is 32.1. The molecule has 7 heteroatoms. The molecule has 0 unspecified atom stereocenters. The van der Waals surface area contributed by atoms with Crippen LogP contribution in [-0.2, 0) is 11.3 Å². The molecule has 1 saturated heterocycles. The molecule has 1 fully saturated rings. The van der Waals surface area contributed by atoms with Gasteiger partial charge in [-0.3, -0.25) is 19.9 Å². The first-order valence-corrected chi connectivity index (χ1v) is 6.59. The van der Waals surface area contributed by atoms with E-state index >= 15 is 0 Å². The molecule has 0 spiro atoms. The molecule has 0 bridgehead atoms. The smallest absolute Gasteiger partial charge is 0.275 e. The van der Waals surface area contributed by atoms with Crippen LogP contribution < -0.4 is 16.6 Å². The van der Waals surface area contributed by atoms with Gasteiger partial charge in [0, 0.05) is 37.5 Å².